The lowest BCUT2D eigenvalue weighted by atomic mass is 10.3. The zero-order chi connectivity index (χ0) is 11.8. The van der Waals surface area contributed by atoms with Crippen LogP contribution >= 0.6 is 0 Å². The molecule has 0 aliphatic carbocycles. The van der Waals surface area contributed by atoms with Crippen molar-refractivity contribution in [3.8, 4) is 0 Å². The Morgan fingerprint density at radius 1 is 1.27 bits per heavy atom. The molecule has 0 unspecified atom stereocenters. The molecule has 0 rings (SSSR count). The number of hydrogen-bond acceptors (Lipinski definition) is 5. The van der Waals surface area contributed by atoms with Crippen molar-refractivity contribution in [2.75, 3.05) is 6.61 Å². The fourth-order valence-corrected chi connectivity index (χ4v) is 0.694. The number of hydrogen-bond donors (Lipinski definition) is 0. The van der Waals surface area contributed by atoms with Crippen molar-refractivity contribution >= 4 is 17.7 Å². The number of rotatable bonds is 6. The SMILES string of the molecule is C=C(OC(=O)CC(C)=O)C(=O)OCCC. The van der Waals surface area contributed by atoms with Gasteiger partial charge in [0.2, 0.25) is 5.76 Å². The maximum absolute atomic E-state index is 11.0. The highest BCUT2D eigenvalue weighted by Crippen LogP contribution is 2.01. The second-order valence-corrected chi connectivity index (χ2v) is 2.91. The number of ketones is 1. The van der Waals surface area contributed by atoms with E-state index in [9.17, 15) is 14.4 Å². The van der Waals surface area contributed by atoms with E-state index in [0.29, 0.717) is 6.42 Å². The highest BCUT2D eigenvalue weighted by Gasteiger charge is 2.15. The highest BCUT2D eigenvalue weighted by molar-refractivity contribution is 5.96. The van der Waals surface area contributed by atoms with Crippen LogP contribution in [0, 0.1) is 0 Å². The van der Waals surface area contributed by atoms with E-state index in [1.165, 1.54) is 6.92 Å². The molecule has 0 N–H and O–H groups in total. The number of carbonyl (C=O) groups excluding carboxylic acids is 3. The molecular weight excluding hydrogens is 200 g/mol. The zero-order valence-corrected chi connectivity index (χ0v) is 8.87. The first kappa shape index (κ1) is 13.4. The van der Waals surface area contributed by atoms with E-state index < -0.39 is 17.7 Å². The second-order valence-electron chi connectivity index (χ2n) is 2.91. The minimum atomic E-state index is -0.805. The quantitative estimate of drug-likeness (QED) is 0.285. The van der Waals surface area contributed by atoms with E-state index in [0.717, 1.165) is 0 Å². The van der Waals surface area contributed by atoms with Crippen LogP contribution in [0.15, 0.2) is 12.3 Å². The van der Waals surface area contributed by atoms with Crippen molar-refractivity contribution in [3.63, 3.8) is 0 Å². The summed E-state index contributed by atoms with van der Waals surface area (Å²) in [6.07, 6.45) is 0.292. The smallest absolute Gasteiger partial charge is 0.373 e. The first-order valence-corrected chi connectivity index (χ1v) is 4.53. The average molecular weight is 214 g/mol. The summed E-state index contributed by atoms with van der Waals surface area (Å²) in [5, 5.41) is 0. The number of Topliss-reactive ketones (excluding diaryl/α,β-unsaturated/α-hetero) is 1. The van der Waals surface area contributed by atoms with E-state index in [2.05, 4.69) is 16.1 Å². The zero-order valence-electron chi connectivity index (χ0n) is 8.87. The predicted octanol–water partition coefficient (Wildman–Crippen LogP) is 0.976. The van der Waals surface area contributed by atoms with Gasteiger partial charge < -0.3 is 9.47 Å². The first-order valence-electron chi connectivity index (χ1n) is 4.53. The predicted molar refractivity (Wildman–Crippen MR) is 51.8 cm³/mol. The van der Waals surface area contributed by atoms with Crippen LogP contribution in [-0.2, 0) is 23.9 Å². The van der Waals surface area contributed by atoms with Gasteiger partial charge >= 0.3 is 11.9 Å². The molecule has 0 aliphatic rings. The van der Waals surface area contributed by atoms with E-state index in [-0.39, 0.29) is 18.8 Å². The van der Waals surface area contributed by atoms with Gasteiger partial charge in [-0.2, -0.15) is 0 Å². The summed E-state index contributed by atoms with van der Waals surface area (Å²) >= 11 is 0. The minimum Gasteiger partial charge on any atom is -0.460 e. The Morgan fingerprint density at radius 3 is 2.33 bits per heavy atom. The number of esters is 2. The summed E-state index contributed by atoms with van der Waals surface area (Å²) in [7, 11) is 0. The summed E-state index contributed by atoms with van der Waals surface area (Å²) in [5.41, 5.74) is 0. The molecule has 0 saturated carbocycles. The van der Waals surface area contributed by atoms with Gasteiger partial charge in [0.1, 0.15) is 12.2 Å². The normalized spacial score (nSPS) is 9.20. The molecule has 84 valence electrons. The first-order chi connectivity index (χ1) is 6.97. The molecule has 0 heterocycles. The van der Waals surface area contributed by atoms with Gasteiger partial charge in [-0.15, -0.1) is 0 Å². The molecule has 0 aromatic heterocycles. The monoisotopic (exact) mass is 214 g/mol. The molecule has 0 aromatic rings. The molecular formula is C10H14O5. The van der Waals surface area contributed by atoms with Gasteiger partial charge in [-0.1, -0.05) is 6.92 Å². The van der Waals surface area contributed by atoms with E-state index in [4.69, 9.17) is 0 Å². The maximum atomic E-state index is 11.0. The van der Waals surface area contributed by atoms with Crippen LogP contribution in [0.1, 0.15) is 26.7 Å². The summed E-state index contributed by atoms with van der Waals surface area (Å²) in [6, 6.07) is 0. The van der Waals surface area contributed by atoms with E-state index in [1.54, 1.807) is 0 Å². The van der Waals surface area contributed by atoms with Crippen LogP contribution in [-0.4, -0.2) is 24.3 Å². The molecule has 0 fully saturated rings. The summed E-state index contributed by atoms with van der Waals surface area (Å²) in [6.45, 7) is 6.54. The van der Waals surface area contributed by atoms with Crippen molar-refractivity contribution in [1.29, 1.82) is 0 Å². The molecule has 5 nitrogen and oxygen atoms in total. The minimum absolute atomic E-state index is 0.238. The fourth-order valence-electron chi connectivity index (χ4n) is 0.694. The molecule has 0 spiro atoms. The standard InChI is InChI=1S/C10H14O5/c1-4-5-14-10(13)8(3)15-9(12)6-7(2)11/h3-6H2,1-2H3. The molecule has 0 radical (unpaired) electrons. The molecule has 5 heteroatoms. The van der Waals surface area contributed by atoms with Crippen LogP contribution < -0.4 is 0 Å². The fraction of sp³-hybridized carbons (Fsp3) is 0.500. The van der Waals surface area contributed by atoms with Crippen LogP contribution in [0.25, 0.3) is 0 Å². The molecule has 0 amide bonds. The lowest BCUT2D eigenvalue weighted by Gasteiger charge is -2.05. The van der Waals surface area contributed by atoms with E-state index >= 15 is 0 Å². The Bertz CT molecular complexity index is 280. The van der Waals surface area contributed by atoms with Gasteiger partial charge in [0.25, 0.3) is 0 Å². The Hall–Kier alpha value is -1.65. The Balaban J connectivity index is 3.96. The molecule has 0 aliphatic heterocycles. The summed E-state index contributed by atoms with van der Waals surface area (Å²) in [5.74, 6) is -2.32. The van der Waals surface area contributed by atoms with Crippen molar-refractivity contribution in [2.45, 2.75) is 26.7 Å². The van der Waals surface area contributed by atoms with Gasteiger partial charge in [0.15, 0.2) is 0 Å². The van der Waals surface area contributed by atoms with Gasteiger partial charge in [-0.05, 0) is 19.9 Å². The third-order valence-electron chi connectivity index (χ3n) is 1.30. The lowest BCUT2D eigenvalue weighted by Crippen LogP contribution is -2.15. The molecule has 0 saturated heterocycles. The Kier molecular flexibility index (Phi) is 6.01. The Morgan fingerprint density at radius 2 is 1.87 bits per heavy atom. The van der Waals surface area contributed by atoms with Crippen LogP contribution in [0.2, 0.25) is 0 Å². The van der Waals surface area contributed by atoms with Crippen molar-refractivity contribution in [3.05, 3.63) is 12.3 Å². The topological polar surface area (TPSA) is 69.7 Å². The lowest BCUT2D eigenvalue weighted by molar-refractivity contribution is -0.152. The molecule has 0 aromatic carbocycles. The van der Waals surface area contributed by atoms with Gasteiger partial charge in [-0.3, -0.25) is 9.59 Å². The third-order valence-corrected chi connectivity index (χ3v) is 1.30. The number of ether oxygens (including phenoxy) is 2. The van der Waals surface area contributed by atoms with Crippen molar-refractivity contribution < 1.29 is 23.9 Å². The summed E-state index contributed by atoms with van der Waals surface area (Å²) in [4.78, 5) is 32.5. The molecule has 15 heavy (non-hydrogen) atoms. The molecule has 0 bridgehead atoms. The third kappa shape index (κ3) is 6.42. The van der Waals surface area contributed by atoms with Gasteiger partial charge in [-0.25, -0.2) is 4.79 Å². The maximum Gasteiger partial charge on any atom is 0.373 e. The second kappa shape index (κ2) is 6.75. The largest absolute Gasteiger partial charge is 0.460 e. The van der Waals surface area contributed by atoms with Crippen LogP contribution in [0.4, 0.5) is 0 Å². The van der Waals surface area contributed by atoms with Crippen molar-refractivity contribution in [2.24, 2.45) is 0 Å². The number of carbonyl (C=O) groups is 3. The highest BCUT2D eigenvalue weighted by atomic mass is 16.6. The average Bonchev–Trinajstić information content (AvgIpc) is 2.12. The van der Waals surface area contributed by atoms with Crippen molar-refractivity contribution in [1.82, 2.24) is 0 Å². The summed E-state index contributed by atoms with van der Waals surface area (Å²) < 4.78 is 9.15. The van der Waals surface area contributed by atoms with Crippen LogP contribution in [0.3, 0.4) is 0 Å². The van der Waals surface area contributed by atoms with Gasteiger partial charge in [0.05, 0.1) is 6.61 Å². The van der Waals surface area contributed by atoms with Gasteiger partial charge in [0, 0.05) is 0 Å². The van der Waals surface area contributed by atoms with Crippen LogP contribution in [0.5, 0.6) is 0 Å². The van der Waals surface area contributed by atoms with E-state index in [1.807, 2.05) is 6.92 Å². The molecule has 0 atom stereocenters. The Labute approximate surface area is 88.0 Å².